The molecule has 4 aromatic rings. The summed E-state index contributed by atoms with van der Waals surface area (Å²) in [5.74, 6) is 0.505. The SMILES string of the molecule is CCN(C(=O)O)S(=O)(=O)c1ccc(CSc2ncc(C(C)(C)c3ccc(OC)c(Cl)c3)n2-c2ccc(F)cc2)c(Cl)c1. The Bertz CT molecular complexity index is 1730. The summed E-state index contributed by atoms with van der Waals surface area (Å²) in [6.45, 7) is 5.26. The lowest BCUT2D eigenvalue weighted by Gasteiger charge is -2.28. The molecule has 13 heteroatoms. The summed E-state index contributed by atoms with van der Waals surface area (Å²) < 4.78 is 47.0. The van der Waals surface area contributed by atoms with E-state index in [4.69, 9.17) is 27.9 Å². The van der Waals surface area contributed by atoms with Gasteiger partial charge in [0.25, 0.3) is 10.0 Å². The fraction of sp³-hybridized carbons (Fsp3) is 0.241. The molecule has 222 valence electrons. The number of rotatable bonds is 10. The zero-order chi connectivity index (χ0) is 30.8. The number of sulfonamides is 1. The molecular formula is C29H28Cl2FN3O5S2. The van der Waals surface area contributed by atoms with Crippen LogP contribution in [0.15, 0.2) is 76.9 Å². The molecule has 0 spiro atoms. The van der Waals surface area contributed by atoms with Crippen LogP contribution in [0.3, 0.4) is 0 Å². The van der Waals surface area contributed by atoms with Crippen LogP contribution in [0.5, 0.6) is 5.75 Å². The monoisotopic (exact) mass is 651 g/mol. The van der Waals surface area contributed by atoms with Crippen LogP contribution in [-0.2, 0) is 21.2 Å². The standard InChI is InChI=1S/C29H28Cl2FN3O5S2/c1-5-34(28(36)37)42(38,39)22-12-6-18(23(30)15-22)17-41-27-33-16-26(35(27)21-10-8-20(32)9-11-21)29(2,3)19-7-13-25(40-4)24(31)14-19/h6-16H,5,17H2,1-4H3,(H,36,37). The van der Waals surface area contributed by atoms with Gasteiger partial charge in [-0.25, -0.2) is 26.9 Å². The number of imidazole rings is 1. The maximum atomic E-state index is 13.8. The van der Waals surface area contributed by atoms with Crippen LogP contribution in [-0.4, -0.2) is 47.1 Å². The third-order valence-electron chi connectivity index (χ3n) is 6.80. The average Bonchev–Trinajstić information content (AvgIpc) is 3.37. The summed E-state index contributed by atoms with van der Waals surface area (Å²) in [6, 6.07) is 15.8. The van der Waals surface area contributed by atoms with E-state index in [-0.39, 0.29) is 22.3 Å². The molecule has 0 aliphatic carbocycles. The van der Waals surface area contributed by atoms with Gasteiger partial charge < -0.3 is 9.84 Å². The Hall–Kier alpha value is -3.25. The third kappa shape index (κ3) is 6.24. The molecule has 0 unspecified atom stereocenters. The fourth-order valence-electron chi connectivity index (χ4n) is 4.40. The predicted octanol–water partition coefficient (Wildman–Crippen LogP) is 7.63. The quantitative estimate of drug-likeness (QED) is 0.176. The Labute approximate surface area is 258 Å². The third-order valence-corrected chi connectivity index (χ3v) is 10.3. The zero-order valence-corrected chi connectivity index (χ0v) is 26.3. The van der Waals surface area contributed by atoms with E-state index in [1.807, 2.05) is 30.5 Å². The number of aromatic nitrogens is 2. The number of carboxylic acid groups (broad SMARTS) is 1. The Balaban J connectivity index is 1.70. The number of hydrogen-bond acceptors (Lipinski definition) is 6. The predicted molar refractivity (Wildman–Crippen MR) is 162 cm³/mol. The molecule has 1 heterocycles. The highest BCUT2D eigenvalue weighted by molar-refractivity contribution is 7.98. The largest absolute Gasteiger partial charge is 0.495 e. The van der Waals surface area contributed by atoms with Crippen LogP contribution >= 0.6 is 35.0 Å². The molecule has 0 aliphatic rings. The number of nitrogens with zero attached hydrogens (tertiary/aromatic N) is 3. The first kappa shape index (κ1) is 31.7. The molecule has 1 amide bonds. The van der Waals surface area contributed by atoms with Crippen LogP contribution in [0.2, 0.25) is 10.0 Å². The number of amides is 1. The molecule has 1 N–H and O–H groups in total. The van der Waals surface area contributed by atoms with Gasteiger partial charge in [0.2, 0.25) is 0 Å². The van der Waals surface area contributed by atoms with Crippen molar-refractivity contribution in [1.82, 2.24) is 13.9 Å². The molecule has 4 rings (SSSR count). The van der Waals surface area contributed by atoms with Crippen LogP contribution < -0.4 is 4.74 Å². The van der Waals surface area contributed by atoms with E-state index in [1.165, 1.54) is 43.0 Å². The van der Waals surface area contributed by atoms with Gasteiger partial charge in [0, 0.05) is 28.4 Å². The smallest absolute Gasteiger partial charge is 0.421 e. The molecule has 42 heavy (non-hydrogen) atoms. The summed E-state index contributed by atoms with van der Waals surface area (Å²) in [4.78, 5) is 15.9. The van der Waals surface area contributed by atoms with Gasteiger partial charge in [-0.1, -0.05) is 60.9 Å². The molecule has 0 atom stereocenters. The molecule has 0 saturated carbocycles. The number of carbonyl (C=O) groups is 1. The van der Waals surface area contributed by atoms with Crippen LogP contribution in [0.1, 0.15) is 37.6 Å². The van der Waals surface area contributed by atoms with Gasteiger partial charge in [-0.3, -0.25) is 4.57 Å². The normalized spacial score (nSPS) is 11.9. The number of benzene rings is 3. The van der Waals surface area contributed by atoms with Crippen molar-refractivity contribution < 1.29 is 27.4 Å². The molecule has 0 radical (unpaired) electrons. The Kier molecular flexibility index (Phi) is 9.46. The number of ether oxygens (including phenoxy) is 1. The number of thioether (sulfide) groups is 1. The zero-order valence-electron chi connectivity index (χ0n) is 23.1. The highest BCUT2D eigenvalue weighted by atomic mass is 35.5. The molecular weight excluding hydrogens is 624 g/mol. The minimum absolute atomic E-state index is 0.165. The molecule has 1 aromatic heterocycles. The maximum Gasteiger partial charge on any atom is 0.421 e. The van der Waals surface area contributed by atoms with Crippen molar-refractivity contribution in [3.63, 3.8) is 0 Å². The maximum absolute atomic E-state index is 13.8. The first-order valence-electron chi connectivity index (χ1n) is 12.7. The molecule has 0 bridgehead atoms. The number of hydrogen-bond donors (Lipinski definition) is 1. The average molecular weight is 653 g/mol. The first-order chi connectivity index (χ1) is 19.8. The van der Waals surface area contributed by atoms with Gasteiger partial charge in [0.05, 0.1) is 28.9 Å². The second-order valence-corrected chi connectivity index (χ2v) is 13.3. The van der Waals surface area contributed by atoms with E-state index >= 15 is 0 Å². The summed E-state index contributed by atoms with van der Waals surface area (Å²) in [7, 11) is -2.72. The van der Waals surface area contributed by atoms with E-state index in [2.05, 4.69) is 4.98 Å². The van der Waals surface area contributed by atoms with E-state index in [9.17, 15) is 22.7 Å². The van der Waals surface area contributed by atoms with Crippen LogP contribution in [0, 0.1) is 5.82 Å². The van der Waals surface area contributed by atoms with E-state index < -0.39 is 21.5 Å². The lowest BCUT2D eigenvalue weighted by molar-refractivity contribution is 0.173. The van der Waals surface area contributed by atoms with Crippen LogP contribution in [0.25, 0.3) is 5.69 Å². The van der Waals surface area contributed by atoms with E-state index in [1.54, 1.807) is 37.6 Å². The lowest BCUT2D eigenvalue weighted by atomic mass is 9.81. The molecule has 0 fully saturated rings. The Morgan fingerprint density at radius 1 is 1.10 bits per heavy atom. The van der Waals surface area contributed by atoms with Crippen molar-refractivity contribution in [2.24, 2.45) is 0 Å². The summed E-state index contributed by atoms with van der Waals surface area (Å²) in [6.07, 6.45) is 0.184. The van der Waals surface area contributed by atoms with Gasteiger partial charge in [-0.2, -0.15) is 0 Å². The van der Waals surface area contributed by atoms with Crippen molar-refractivity contribution in [2.45, 2.75) is 42.0 Å². The van der Waals surface area contributed by atoms with Crippen molar-refractivity contribution >= 4 is 51.1 Å². The van der Waals surface area contributed by atoms with Gasteiger partial charge in [0.15, 0.2) is 5.16 Å². The molecule has 0 aliphatic heterocycles. The van der Waals surface area contributed by atoms with Gasteiger partial charge >= 0.3 is 6.09 Å². The Morgan fingerprint density at radius 3 is 2.36 bits per heavy atom. The first-order valence-corrected chi connectivity index (χ1v) is 15.8. The van der Waals surface area contributed by atoms with Gasteiger partial charge in [-0.15, -0.1) is 0 Å². The highest BCUT2D eigenvalue weighted by Gasteiger charge is 2.31. The Morgan fingerprint density at radius 2 is 1.79 bits per heavy atom. The molecule has 3 aromatic carbocycles. The number of methoxy groups -OCH3 is 1. The summed E-state index contributed by atoms with van der Waals surface area (Å²) in [5.41, 5.74) is 2.46. The minimum Gasteiger partial charge on any atom is -0.495 e. The molecule has 0 saturated heterocycles. The second-order valence-electron chi connectivity index (χ2n) is 9.71. The van der Waals surface area contributed by atoms with Crippen molar-refractivity contribution in [3.8, 4) is 11.4 Å². The number of halogens is 3. The van der Waals surface area contributed by atoms with Crippen molar-refractivity contribution in [3.05, 3.63) is 99.5 Å². The summed E-state index contributed by atoms with van der Waals surface area (Å²) in [5, 5.41) is 10.5. The van der Waals surface area contributed by atoms with E-state index in [0.717, 1.165) is 11.3 Å². The topological polar surface area (TPSA) is 102 Å². The van der Waals surface area contributed by atoms with Crippen molar-refractivity contribution in [1.29, 1.82) is 0 Å². The highest BCUT2D eigenvalue weighted by Crippen LogP contribution is 2.39. The van der Waals surface area contributed by atoms with Crippen LogP contribution in [0.4, 0.5) is 9.18 Å². The van der Waals surface area contributed by atoms with E-state index in [0.29, 0.717) is 37.2 Å². The fourth-order valence-corrected chi connectivity index (χ4v) is 7.36. The molecule has 8 nitrogen and oxygen atoms in total. The van der Waals surface area contributed by atoms with Crippen molar-refractivity contribution in [2.75, 3.05) is 13.7 Å². The van der Waals surface area contributed by atoms with Gasteiger partial charge in [-0.05, 0) is 66.6 Å². The second kappa shape index (κ2) is 12.5. The summed E-state index contributed by atoms with van der Waals surface area (Å²) >= 11 is 14.3. The van der Waals surface area contributed by atoms with Gasteiger partial charge in [0.1, 0.15) is 11.6 Å². The minimum atomic E-state index is -4.27. The lowest BCUT2D eigenvalue weighted by Crippen LogP contribution is -2.35.